The van der Waals surface area contributed by atoms with Crippen LogP contribution in [0.5, 0.6) is 5.75 Å². The molecule has 0 heterocycles. The zero-order valence-corrected chi connectivity index (χ0v) is 12.0. The number of anilines is 1. The minimum Gasteiger partial charge on any atom is -0.495 e. The molecule has 0 aromatic heterocycles. The molecule has 1 aromatic carbocycles. The first-order chi connectivity index (χ1) is 9.56. The minimum atomic E-state index is -0.513. The molecule has 1 aromatic rings. The molecule has 0 aliphatic carbocycles. The fourth-order valence-corrected chi connectivity index (χ4v) is 1.42. The van der Waals surface area contributed by atoms with Gasteiger partial charge in [0.25, 0.3) is 0 Å². The van der Waals surface area contributed by atoms with Crippen molar-refractivity contribution in [3.8, 4) is 17.6 Å². The summed E-state index contributed by atoms with van der Waals surface area (Å²) in [5.41, 5.74) is 6.60. The number of amides is 1. The molecule has 3 N–H and O–H groups in total. The van der Waals surface area contributed by atoms with Gasteiger partial charge in [-0.05, 0) is 24.1 Å². The van der Waals surface area contributed by atoms with E-state index in [0.29, 0.717) is 18.0 Å². The summed E-state index contributed by atoms with van der Waals surface area (Å²) in [6.45, 7) is 4.58. The molecule has 0 unspecified atom stereocenters. The second-order valence-corrected chi connectivity index (χ2v) is 4.54. The topological polar surface area (TPSA) is 73.6 Å². The first kappa shape index (κ1) is 15.9. The first-order valence-corrected chi connectivity index (χ1v) is 6.37. The maximum absolute atomic E-state index is 11.7. The lowest BCUT2D eigenvalue weighted by molar-refractivity contribution is 0.147. The van der Waals surface area contributed by atoms with E-state index in [1.54, 1.807) is 18.2 Å². The van der Waals surface area contributed by atoms with Crippen LogP contribution < -0.4 is 15.8 Å². The van der Waals surface area contributed by atoms with Gasteiger partial charge in [0, 0.05) is 5.56 Å². The predicted octanol–water partition coefficient (Wildman–Crippen LogP) is 2.21. The third kappa shape index (κ3) is 5.21. The molecule has 0 spiro atoms. The van der Waals surface area contributed by atoms with Crippen LogP contribution in [0.25, 0.3) is 0 Å². The zero-order valence-electron chi connectivity index (χ0n) is 12.0. The number of nitrogens with one attached hydrogen (secondary N) is 1. The van der Waals surface area contributed by atoms with Crippen LogP contribution in [-0.2, 0) is 4.74 Å². The van der Waals surface area contributed by atoms with Gasteiger partial charge in [-0.1, -0.05) is 25.7 Å². The number of carbonyl (C=O) groups is 1. The number of rotatable bonds is 4. The van der Waals surface area contributed by atoms with E-state index in [-0.39, 0.29) is 12.5 Å². The number of ether oxygens (including phenoxy) is 2. The monoisotopic (exact) mass is 276 g/mol. The van der Waals surface area contributed by atoms with Gasteiger partial charge < -0.3 is 15.2 Å². The number of carbonyl (C=O) groups excluding carboxylic acids is 1. The Kier molecular flexibility index (Phi) is 6.41. The van der Waals surface area contributed by atoms with Crippen LogP contribution >= 0.6 is 0 Å². The first-order valence-electron chi connectivity index (χ1n) is 6.37. The molecule has 1 rings (SSSR count). The van der Waals surface area contributed by atoms with Crippen molar-refractivity contribution in [1.29, 1.82) is 0 Å². The van der Waals surface area contributed by atoms with Gasteiger partial charge in [-0.15, -0.1) is 0 Å². The fraction of sp³-hybridized carbons (Fsp3) is 0.400. The second-order valence-electron chi connectivity index (χ2n) is 4.54. The standard InChI is InChI=1S/C15H20N2O3/c1-11(2)10-20-15(18)17-13-9-12(5-4-8-16)6-7-14(13)19-3/h6-7,9,11H,8,10,16H2,1-3H3,(H,17,18). The Morgan fingerprint density at radius 1 is 1.45 bits per heavy atom. The molecule has 0 saturated heterocycles. The molecule has 108 valence electrons. The van der Waals surface area contributed by atoms with E-state index in [9.17, 15) is 4.79 Å². The van der Waals surface area contributed by atoms with Crippen LogP contribution in [0, 0.1) is 17.8 Å². The van der Waals surface area contributed by atoms with Crippen LogP contribution in [-0.4, -0.2) is 26.4 Å². The van der Waals surface area contributed by atoms with Crippen molar-refractivity contribution in [3.05, 3.63) is 23.8 Å². The lowest BCUT2D eigenvalue weighted by Gasteiger charge is -2.12. The summed E-state index contributed by atoms with van der Waals surface area (Å²) in [5.74, 6) is 6.48. The van der Waals surface area contributed by atoms with E-state index < -0.39 is 6.09 Å². The predicted molar refractivity (Wildman–Crippen MR) is 78.7 cm³/mol. The minimum absolute atomic E-state index is 0.282. The summed E-state index contributed by atoms with van der Waals surface area (Å²) in [6.07, 6.45) is -0.513. The van der Waals surface area contributed by atoms with E-state index in [0.717, 1.165) is 5.56 Å². The van der Waals surface area contributed by atoms with Crippen LogP contribution in [0.4, 0.5) is 10.5 Å². The number of benzene rings is 1. The molecule has 0 aliphatic rings. The third-order valence-corrected chi connectivity index (χ3v) is 2.32. The van der Waals surface area contributed by atoms with Gasteiger partial charge in [-0.2, -0.15) is 0 Å². The Labute approximate surface area is 119 Å². The molecular weight excluding hydrogens is 256 g/mol. The summed E-state index contributed by atoms with van der Waals surface area (Å²) in [7, 11) is 1.53. The highest BCUT2D eigenvalue weighted by Crippen LogP contribution is 2.25. The molecule has 5 nitrogen and oxygen atoms in total. The second kappa shape index (κ2) is 8.08. The third-order valence-electron chi connectivity index (χ3n) is 2.32. The molecular formula is C15H20N2O3. The van der Waals surface area contributed by atoms with Gasteiger partial charge in [0.05, 0.1) is 25.9 Å². The van der Waals surface area contributed by atoms with E-state index in [2.05, 4.69) is 17.2 Å². The molecule has 5 heteroatoms. The molecule has 0 fully saturated rings. The van der Waals surface area contributed by atoms with Crippen molar-refractivity contribution < 1.29 is 14.3 Å². The maximum atomic E-state index is 11.7. The van der Waals surface area contributed by atoms with Gasteiger partial charge in [0.2, 0.25) is 0 Å². The Hall–Kier alpha value is -2.19. The summed E-state index contributed by atoms with van der Waals surface area (Å²) >= 11 is 0. The van der Waals surface area contributed by atoms with E-state index in [4.69, 9.17) is 15.2 Å². The number of methoxy groups -OCH3 is 1. The smallest absolute Gasteiger partial charge is 0.411 e. The van der Waals surface area contributed by atoms with E-state index >= 15 is 0 Å². The normalized spacial score (nSPS) is 9.65. The van der Waals surface area contributed by atoms with E-state index in [1.807, 2.05) is 13.8 Å². The van der Waals surface area contributed by atoms with Crippen molar-refractivity contribution in [3.63, 3.8) is 0 Å². The van der Waals surface area contributed by atoms with Gasteiger partial charge in [-0.25, -0.2) is 4.79 Å². The number of nitrogens with two attached hydrogens (primary N) is 1. The van der Waals surface area contributed by atoms with Crippen LogP contribution in [0.3, 0.4) is 0 Å². The number of hydrogen-bond donors (Lipinski definition) is 2. The number of hydrogen-bond acceptors (Lipinski definition) is 4. The van der Waals surface area contributed by atoms with Crippen LogP contribution in [0.2, 0.25) is 0 Å². The summed E-state index contributed by atoms with van der Waals surface area (Å²) in [5, 5.41) is 2.65. The molecule has 1 amide bonds. The average Bonchev–Trinajstić information content (AvgIpc) is 2.43. The molecule has 20 heavy (non-hydrogen) atoms. The summed E-state index contributed by atoms with van der Waals surface area (Å²) in [6, 6.07) is 5.25. The zero-order chi connectivity index (χ0) is 15.0. The van der Waals surface area contributed by atoms with Crippen molar-refractivity contribution in [2.75, 3.05) is 25.6 Å². The molecule has 0 saturated carbocycles. The Bertz CT molecular complexity index is 516. The quantitative estimate of drug-likeness (QED) is 0.827. The van der Waals surface area contributed by atoms with Crippen molar-refractivity contribution in [1.82, 2.24) is 0 Å². The van der Waals surface area contributed by atoms with Crippen LogP contribution in [0.1, 0.15) is 19.4 Å². The lowest BCUT2D eigenvalue weighted by atomic mass is 10.2. The Morgan fingerprint density at radius 2 is 2.20 bits per heavy atom. The van der Waals surface area contributed by atoms with Gasteiger partial charge >= 0.3 is 6.09 Å². The molecule has 0 aliphatic heterocycles. The maximum Gasteiger partial charge on any atom is 0.411 e. The highest BCUT2D eigenvalue weighted by Gasteiger charge is 2.09. The van der Waals surface area contributed by atoms with Crippen molar-refractivity contribution in [2.45, 2.75) is 13.8 Å². The highest BCUT2D eigenvalue weighted by atomic mass is 16.5. The van der Waals surface area contributed by atoms with Gasteiger partial charge in [-0.3, -0.25) is 5.32 Å². The van der Waals surface area contributed by atoms with Crippen LogP contribution in [0.15, 0.2) is 18.2 Å². The SMILES string of the molecule is COc1ccc(C#CCN)cc1NC(=O)OCC(C)C. The largest absolute Gasteiger partial charge is 0.495 e. The molecule has 0 atom stereocenters. The molecule has 0 bridgehead atoms. The van der Waals surface area contributed by atoms with Crippen molar-refractivity contribution in [2.24, 2.45) is 11.7 Å². The lowest BCUT2D eigenvalue weighted by Crippen LogP contribution is -2.17. The average molecular weight is 276 g/mol. The van der Waals surface area contributed by atoms with Crippen molar-refractivity contribution >= 4 is 11.8 Å². The van der Waals surface area contributed by atoms with Gasteiger partial charge in [0.15, 0.2) is 0 Å². The Morgan fingerprint density at radius 3 is 2.80 bits per heavy atom. The highest BCUT2D eigenvalue weighted by molar-refractivity contribution is 5.87. The molecule has 0 radical (unpaired) electrons. The van der Waals surface area contributed by atoms with E-state index in [1.165, 1.54) is 7.11 Å². The van der Waals surface area contributed by atoms with Gasteiger partial charge in [0.1, 0.15) is 5.75 Å². The Balaban J connectivity index is 2.82. The summed E-state index contributed by atoms with van der Waals surface area (Å²) < 4.78 is 10.3. The fourth-order valence-electron chi connectivity index (χ4n) is 1.42. The summed E-state index contributed by atoms with van der Waals surface area (Å²) in [4.78, 5) is 11.7.